The molecule has 0 saturated heterocycles. The summed E-state index contributed by atoms with van der Waals surface area (Å²) in [4.78, 5) is 4.51. The molecule has 0 amide bonds. The van der Waals surface area contributed by atoms with Crippen LogP contribution < -0.4 is 5.32 Å². The Hall–Kier alpha value is -2.09. The number of anilines is 1. The van der Waals surface area contributed by atoms with Crippen molar-refractivity contribution in [3.8, 4) is 0 Å². The molecule has 1 aromatic carbocycles. The molecule has 0 aromatic heterocycles. The quantitative estimate of drug-likeness (QED) is 0.335. The summed E-state index contributed by atoms with van der Waals surface area (Å²) >= 11 is 0. The van der Waals surface area contributed by atoms with Crippen LogP contribution in [0.3, 0.4) is 0 Å². The molecule has 0 heterocycles. The van der Waals surface area contributed by atoms with Gasteiger partial charge in [0.05, 0.1) is 0 Å². The van der Waals surface area contributed by atoms with Crippen molar-refractivity contribution in [2.75, 3.05) is 11.9 Å². The summed E-state index contributed by atoms with van der Waals surface area (Å²) in [6, 6.07) is 8.19. The molecule has 22 heavy (non-hydrogen) atoms. The molecule has 0 bridgehead atoms. The van der Waals surface area contributed by atoms with E-state index in [4.69, 9.17) is 0 Å². The van der Waals surface area contributed by atoms with Crippen LogP contribution in [0.1, 0.15) is 38.2 Å². The van der Waals surface area contributed by atoms with Crippen LogP contribution in [0.4, 0.5) is 5.69 Å². The molecule has 1 aromatic rings. The SMILES string of the molecule is C=CC(C=NCCCCCC)=C(C=C)Nc1ccccc1C. The van der Waals surface area contributed by atoms with E-state index in [1.54, 1.807) is 0 Å². The summed E-state index contributed by atoms with van der Waals surface area (Å²) < 4.78 is 0. The first-order valence-corrected chi connectivity index (χ1v) is 8.04. The molecule has 0 radical (unpaired) electrons. The van der Waals surface area contributed by atoms with Crippen molar-refractivity contribution < 1.29 is 0 Å². The van der Waals surface area contributed by atoms with E-state index in [2.05, 4.69) is 49.4 Å². The van der Waals surface area contributed by atoms with Crippen LogP contribution in [-0.4, -0.2) is 12.8 Å². The smallest absolute Gasteiger partial charge is 0.0467 e. The van der Waals surface area contributed by atoms with Crippen molar-refractivity contribution in [2.45, 2.75) is 39.5 Å². The second-order valence-electron chi connectivity index (χ2n) is 5.31. The molecule has 0 atom stereocenters. The molecule has 0 aliphatic heterocycles. The van der Waals surface area contributed by atoms with E-state index in [0.29, 0.717) is 0 Å². The van der Waals surface area contributed by atoms with Crippen molar-refractivity contribution in [3.63, 3.8) is 0 Å². The van der Waals surface area contributed by atoms with Gasteiger partial charge in [-0.2, -0.15) is 0 Å². The zero-order valence-corrected chi connectivity index (χ0v) is 13.9. The van der Waals surface area contributed by atoms with Crippen molar-refractivity contribution in [1.82, 2.24) is 0 Å². The normalized spacial score (nSPS) is 12.1. The van der Waals surface area contributed by atoms with Crippen LogP contribution in [0.25, 0.3) is 0 Å². The van der Waals surface area contributed by atoms with Gasteiger partial charge in [-0.3, -0.25) is 4.99 Å². The van der Waals surface area contributed by atoms with Gasteiger partial charge in [-0.1, -0.05) is 63.6 Å². The van der Waals surface area contributed by atoms with Gasteiger partial charge in [-0.15, -0.1) is 0 Å². The van der Waals surface area contributed by atoms with Gasteiger partial charge in [-0.05, 0) is 31.1 Å². The number of aliphatic imine (C=N–C) groups is 1. The van der Waals surface area contributed by atoms with Gasteiger partial charge in [0, 0.05) is 29.7 Å². The molecule has 1 rings (SSSR count). The van der Waals surface area contributed by atoms with E-state index in [0.717, 1.165) is 29.9 Å². The maximum atomic E-state index is 4.51. The summed E-state index contributed by atoms with van der Waals surface area (Å²) in [6.07, 6.45) is 10.4. The third kappa shape index (κ3) is 6.13. The molecule has 0 saturated carbocycles. The van der Waals surface area contributed by atoms with Crippen molar-refractivity contribution in [1.29, 1.82) is 0 Å². The summed E-state index contributed by atoms with van der Waals surface area (Å²) in [7, 11) is 0. The van der Waals surface area contributed by atoms with E-state index in [-0.39, 0.29) is 0 Å². The fourth-order valence-corrected chi connectivity index (χ4v) is 2.12. The number of allylic oxidation sites excluding steroid dienone is 3. The number of para-hydroxylation sites is 1. The molecule has 0 aliphatic carbocycles. The van der Waals surface area contributed by atoms with Crippen LogP contribution in [-0.2, 0) is 0 Å². The fraction of sp³-hybridized carbons (Fsp3) is 0.350. The van der Waals surface area contributed by atoms with E-state index < -0.39 is 0 Å². The Kier molecular flexibility index (Phi) is 8.66. The van der Waals surface area contributed by atoms with Crippen molar-refractivity contribution in [2.24, 2.45) is 4.99 Å². The Balaban J connectivity index is 2.75. The Morgan fingerprint density at radius 3 is 2.55 bits per heavy atom. The number of nitrogens with zero attached hydrogens (tertiary/aromatic N) is 1. The maximum Gasteiger partial charge on any atom is 0.0467 e. The molecule has 2 heteroatoms. The Morgan fingerprint density at radius 1 is 1.14 bits per heavy atom. The molecule has 1 N–H and O–H groups in total. The monoisotopic (exact) mass is 296 g/mol. The standard InChI is InChI=1S/C20H28N2/c1-5-8-9-12-15-21-16-18(6-2)19(7-3)22-20-14-11-10-13-17(20)4/h6-7,10-11,13-14,16,22H,2-3,5,8-9,12,15H2,1,4H3. The summed E-state index contributed by atoms with van der Waals surface area (Å²) in [5.41, 5.74) is 4.17. The van der Waals surface area contributed by atoms with Crippen LogP contribution in [0.5, 0.6) is 0 Å². The summed E-state index contributed by atoms with van der Waals surface area (Å²) in [5.74, 6) is 0. The van der Waals surface area contributed by atoms with Crippen LogP contribution in [0, 0.1) is 6.92 Å². The minimum Gasteiger partial charge on any atom is -0.355 e. The van der Waals surface area contributed by atoms with Crippen molar-refractivity contribution in [3.05, 3.63) is 66.4 Å². The lowest BCUT2D eigenvalue weighted by molar-refractivity contribution is 0.676. The van der Waals surface area contributed by atoms with Gasteiger partial charge in [-0.25, -0.2) is 0 Å². The highest BCUT2D eigenvalue weighted by atomic mass is 14.9. The molecular formula is C20H28N2. The number of nitrogens with one attached hydrogen (secondary N) is 1. The first kappa shape index (κ1) is 18.0. The molecule has 0 fully saturated rings. The Morgan fingerprint density at radius 2 is 1.91 bits per heavy atom. The van der Waals surface area contributed by atoms with Gasteiger partial charge in [0.15, 0.2) is 0 Å². The lowest BCUT2D eigenvalue weighted by Crippen LogP contribution is -2.03. The molecule has 2 nitrogen and oxygen atoms in total. The predicted octanol–water partition coefficient (Wildman–Crippen LogP) is 5.68. The first-order valence-electron chi connectivity index (χ1n) is 8.04. The highest BCUT2D eigenvalue weighted by molar-refractivity contribution is 5.85. The van der Waals surface area contributed by atoms with Gasteiger partial charge in [0.2, 0.25) is 0 Å². The first-order chi connectivity index (χ1) is 10.7. The van der Waals surface area contributed by atoms with Gasteiger partial charge in [0.25, 0.3) is 0 Å². The van der Waals surface area contributed by atoms with Gasteiger partial charge < -0.3 is 5.32 Å². The molecule has 0 aliphatic rings. The van der Waals surface area contributed by atoms with E-state index in [1.165, 1.54) is 24.8 Å². The number of hydrogen-bond acceptors (Lipinski definition) is 2. The van der Waals surface area contributed by atoms with Crippen LogP contribution >= 0.6 is 0 Å². The molecule has 0 unspecified atom stereocenters. The average Bonchev–Trinajstić information content (AvgIpc) is 2.54. The van der Waals surface area contributed by atoms with E-state index in [1.807, 2.05) is 30.5 Å². The number of aryl methyl sites for hydroxylation is 1. The number of benzene rings is 1. The minimum atomic E-state index is 0.867. The zero-order valence-electron chi connectivity index (χ0n) is 13.9. The van der Waals surface area contributed by atoms with Crippen molar-refractivity contribution >= 4 is 11.9 Å². The largest absolute Gasteiger partial charge is 0.355 e. The van der Waals surface area contributed by atoms with Gasteiger partial charge in [0.1, 0.15) is 0 Å². The topological polar surface area (TPSA) is 24.4 Å². The second kappa shape index (κ2) is 10.6. The summed E-state index contributed by atoms with van der Waals surface area (Å²) in [6.45, 7) is 12.9. The minimum absolute atomic E-state index is 0.867. The van der Waals surface area contributed by atoms with Crippen LogP contribution in [0.2, 0.25) is 0 Å². The van der Waals surface area contributed by atoms with Crippen LogP contribution in [0.15, 0.2) is 65.8 Å². The third-order valence-corrected chi connectivity index (χ3v) is 3.52. The highest BCUT2D eigenvalue weighted by Crippen LogP contribution is 2.17. The molecule has 0 spiro atoms. The lowest BCUT2D eigenvalue weighted by atomic mass is 10.1. The average molecular weight is 296 g/mol. The Bertz CT molecular complexity index is 538. The Labute approximate surface area is 135 Å². The number of rotatable bonds is 10. The third-order valence-electron chi connectivity index (χ3n) is 3.52. The zero-order chi connectivity index (χ0) is 16.2. The van der Waals surface area contributed by atoms with E-state index in [9.17, 15) is 0 Å². The second-order valence-corrected chi connectivity index (χ2v) is 5.31. The summed E-state index contributed by atoms with van der Waals surface area (Å²) in [5, 5.41) is 3.41. The van der Waals surface area contributed by atoms with Gasteiger partial charge >= 0.3 is 0 Å². The number of unbranched alkanes of at least 4 members (excludes halogenated alkanes) is 3. The lowest BCUT2D eigenvalue weighted by Gasteiger charge is -2.12. The predicted molar refractivity (Wildman–Crippen MR) is 99.7 cm³/mol. The molecular weight excluding hydrogens is 268 g/mol. The van der Waals surface area contributed by atoms with E-state index >= 15 is 0 Å². The highest BCUT2D eigenvalue weighted by Gasteiger charge is 2.01. The maximum absolute atomic E-state index is 4.51. The fourth-order valence-electron chi connectivity index (χ4n) is 2.12. The number of hydrogen-bond donors (Lipinski definition) is 1. The molecule has 118 valence electrons.